The van der Waals surface area contributed by atoms with Crippen LogP contribution in [0.5, 0.6) is 0 Å². The average Bonchev–Trinajstić information content (AvgIpc) is 2.47. The van der Waals surface area contributed by atoms with Gasteiger partial charge in [0.15, 0.2) is 0 Å². The highest BCUT2D eigenvalue weighted by Crippen LogP contribution is 2.11. The SMILES string of the molecule is CCCCC(CC)CNC(=O)/C=C/c1ccc(C)cc1. The van der Waals surface area contributed by atoms with Gasteiger partial charge in [0.25, 0.3) is 0 Å². The zero-order valence-corrected chi connectivity index (χ0v) is 13.0. The Kier molecular flexibility index (Phi) is 7.71. The zero-order valence-electron chi connectivity index (χ0n) is 13.0. The first kappa shape index (κ1) is 16.5. The van der Waals surface area contributed by atoms with Gasteiger partial charge in [-0.25, -0.2) is 0 Å². The summed E-state index contributed by atoms with van der Waals surface area (Å²) in [6, 6.07) is 8.15. The van der Waals surface area contributed by atoms with Gasteiger partial charge in [-0.3, -0.25) is 4.79 Å². The molecular formula is C18H27NO. The van der Waals surface area contributed by atoms with Crippen LogP contribution in [0.3, 0.4) is 0 Å². The van der Waals surface area contributed by atoms with Crippen molar-refractivity contribution in [3.63, 3.8) is 0 Å². The van der Waals surface area contributed by atoms with Crippen molar-refractivity contribution in [3.05, 3.63) is 41.5 Å². The van der Waals surface area contributed by atoms with Gasteiger partial charge in [0.05, 0.1) is 0 Å². The van der Waals surface area contributed by atoms with Crippen molar-refractivity contribution in [3.8, 4) is 0 Å². The maximum Gasteiger partial charge on any atom is 0.244 e. The fourth-order valence-electron chi connectivity index (χ4n) is 2.10. The maximum absolute atomic E-state index is 11.8. The highest BCUT2D eigenvalue weighted by molar-refractivity contribution is 5.91. The van der Waals surface area contributed by atoms with Gasteiger partial charge >= 0.3 is 0 Å². The zero-order chi connectivity index (χ0) is 14.8. The van der Waals surface area contributed by atoms with E-state index in [0.29, 0.717) is 5.92 Å². The molecule has 2 nitrogen and oxygen atoms in total. The lowest BCUT2D eigenvalue weighted by Gasteiger charge is -2.14. The van der Waals surface area contributed by atoms with Crippen LogP contribution in [0.1, 0.15) is 50.7 Å². The molecule has 110 valence electrons. The summed E-state index contributed by atoms with van der Waals surface area (Å²) in [7, 11) is 0. The Morgan fingerprint density at radius 3 is 2.55 bits per heavy atom. The van der Waals surface area contributed by atoms with Crippen LogP contribution in [0.2, 0.25) is 0 Å². The van der Waals surface area contributed by atoms with Gasteiger partial charge in [-0.1, -0.05) is 62.9 Å². The smallest absolute Gasteiger partial charge is 0.244 e. The Morgan fingerprint density at radius 1 is 1.25 bits per heavy atom. The number of rotatable bonds is 8. The third-order valence-electron chi connectivity index (χ3n) is 3.61. The summed E-state index contributed by atoms with van der Waals surface area (Å²) in [5.41, 5.74) is 2.29. The van der Waals surface area contributed by atoms with Crippen molar-refractivity contribution >= 4 is 12.0 Å². The summed E-state index contributed by atoms with van der Waals surface area (Å²) in [5, 5.41) is 3.00. The number of hydrogen-bond acceptors (Lipinski definition) is 1. The lowest BCUT2D eigenvalue weighted by Crippen LogP contribution is -2.27. The van der Waals surface area contributed by atoms with Crippen molar-refractivity contribution in [1.29, 1.82) is 0 Å². The fourth-order valence-corrected chi connectivity index (χ4v) is 2.10. The van der Waals surface area contributed by atoms with Gasteiger partial charge in [0.2, 0.25) is 5.91 Å². The van der Waals surface area contributed by atoms with Crippen LogP contribution >= 0.6 is 0 Å². The Labute approximate surface area is 123 Å². The van der Waals surface area contributed by atoms with E-state index in [-0.39, 0.29) is 5.91 Å². The average molecular weight is 273 g/mol. The van der Waals surface area contributed by atoms with E-state index in [1.807, 2.05) is 18.2 Å². The Morgan fingerprint density at radius 2 is 1.95 bits per heavy atom. The molecule has 0 aliphatic carbocycles. The van der Waals surface area contributed by atoms with Crippen LogP contribution in [0, 0.1) is 12.8 Å². The second kappa shape index (κ2) is 9.35. The molecule has 1 aromatic carbocycles. The van der Waals surface area contributed by atoms with Crippen molar-refractivity contribution in [2.24, 2.45) is 5.92 Å². The molecule has 0 radical (unpaired) electrons. The number of benzene rings is 1. The lowest BCUT2D eigenvalue weighted by atomic mass is 9.99. The van der Waals surface area contributed by atoms with Crippen LogP contribution in [0.4, 0.5) is 0 Å². The fraction of sp³-hybridized carbons (Fsp3) is 0.500. The highest BCUT2D eigenvalue weighted by Gasteiger charge is 2.06. The maximum atomic E-state index is 11.8. The van der Waals surface area contributed by atoms with Crippen LogP contribution in [-0.4, -0.2) is 12.5 Å². The van der Waals surface area contributed by atoms with Crippen LogP contribution in [0.15, 0.2) is 30.3 Å². The molecule has 1 atom stereocenters. The number of carbonyl (C=O) groups is 1. The molecule has 0 aromatic heterocycles. The normalized spacial score (nSPS) is 12.6. The van der Waals surface area contributed by atoms with Crippen LogP contribution in [0.25, 0.3) is 6.08 Å². The number of hydrogen-bond donors (Lipinski definition) is 1. The Balaban J connectivity index is 2.37. The molecule has 1 N–H and O–H groups in total. The van der Waals surface area contributed by atoms with E-state index >= 15 is 0 Å². The Bertz CT molecular complexity index is 420. The first-order chi connectivity index (χ1) is 9.65. The molecule has 2 heteroatoms. The molecule has 0 saturated carbocycles. The molecule has 0 saturated heterocycles. The first-order valence-electron chi connectivity index (χ1n) is 7.68. The third-order valence-corrected chi connectivity index (χ3v) is 3.61. The molecule has 0 spiro atoms. The number of unbranched alkanes of at least 4 members (excludes halogenated alkanes) is 1. The molecule has 20 heavy (non-hydrogen) atoms. The molecule has 0 aliphatic rings. The second-order valence-corrected chi connectivity index (χ2v) is 5.41. The molecule has 0 fully saturated rings. The molecule has 1 rings (SSSR count). The molecule has 0 aliphatic heterocycles. The minimum Gasteiger partial charge on any atom is -0.352 e. The number of aryl methyl sites for hydroxylation is 1. The van der Waals surface area contributed by atoms with E-state index < -0.39 is 0 Å². The van der Waals surface area contributed by atoms with Gasteiger partial charge in [0.1, 0.15) is 0 Å². The molecule has 0 bridgehead atoms. The quantitative estimate of drug-likeness (QED) is 0.701. The molecule has 1 aromatic rings. The van der Waals surface area contributed by atoms with Crippen molar-refractivity contribution in [2.45, 2.75) is 46.5 Å². The van der Waals surface area contributed by atoms with E-state index in [0.717, 1.165) is 18.5 Å². The van der Waals surface area contributed by atoms with Crippen molar-refractivity contribution in [1.82, 2.24) is 5.32 Å². The first-order valence-corrected chi connectivity index (χ1v) is 7.68. The standard InChI is InChI=1S/C18H27NO/c1-4-6-7-16(5-2)14-19-18(20)13-12-17-10-8-15(3)9-11-17/h8-13,16H,4-7,14H2,1-3H3,(H,19,20)/b13-12+. The van der Waals surface area contributed by atoms with Crippen molar-refractivity contribution in [2.75, 3.05) is 6.54 Å². The van der Waals surface area contributed by atoms with Crippen LogP contribution < -0.4 is 5.32 Å². The topological polar surface area (TPSA) is 29.1 Å². The minimum atomic E-state index is 0.000485. The second-order valence-electron chi connectivity index (χ2n) is 5.41. The van der Waals surface area contributed by atoms with E-state index in [1.54, 1.807) is 6.08 Å². The van der Waals surface area contributed by atoms with E-state index in [2.05, 4.69) is 38.2 Å². The number of carbonyl (C=O) groups excluding carboxylic acids is 1. The summed E-state index contributed by atoms with van der Waals surface area (Å²) in [6.07, 6.45) is 8.28. The van der Waals surface area contributed by atoms with Gasteiger partial charge < -0.3 is 5.32 Å². The monoisotopic (exact) mass is 273 g/mol. The molecule has 1 unspecified atom stereocenters. The van der Waals surface area contributed by atoms with Crippen LogP contribution in [-0.2, 0) is 4.79 Å². The van der Waals surface area contributed by atoms with E-state index in [1.165, 1.54) is 24.8 Å². The highest BCUT2D eigenvalue weighted by atomic mass is 16.1. The summed E-state index contributed by atoms with van der Waals surface area (Å²) in [4.78, 5) is 11.8. The lowest BCUT2D eigenvalue weighted by molar-refractivity contribution is -0.116. The summed E-state index contributed by atoms with van der Waals surface area (Å²) in [6.45, 7) is 7.24. The predicted octanol–water partition coefficient (Wildman–Crippen LogP) is 4.34. The third kappa shape index (κ3) is 6.55. The van der Waals surface area contributed by atoms with Gasteiger partial charge in [0, 0.05) is 12.6 Å². The van der Waals surface area contributed by atoms with Crippen molar-refractivity contribution < 1.29 is 4.79 Å². The van der Waals surface area contributed by atoms with E-state index in [4.69, 9.17) is 0 Å². The minimum absolute atomic E-state index is 0.000485. The summed E-state index contributed by atoms with van der Waals surface area (Å²) in [5.74, 6) is 0.604. The summed E-state index contributed by atoms with van der Waals surface area (Å²) < 4.78 is 0. The largest absolute Gasteiger partial charge is 0.352 e. The molecule has 1 amide bonds. The van der Waals surface area contributed by atoms with Gasteiger partial charge in [-0.2, -0.15) is 0 Å². The Hall–Kier alpha value is -1.57. The van der Waals surface area contributed by atoms with Gasteiger partial charge in [-0.15, -0.1) is 0 Å². The van der Waals surface area contributed by atoms with Gasteiger partial charge in [-0.05, 0) is 30.9 Å². The van der Waals surface area contributed by atoms with E-state index in [9.17, 15) is 4.79 Å². The molecule has 0 heterocycles. The molecular weight excluding hydrogens is 246 g/mol. The summed E-state index contributed by atoms with van der Waals surface area (Å²) >= 11 is 0. The number of amides is 1. The predicted molar refractivity (Wildman–Crippen MR) is 86.5 cm³/mol. The number of nitrogens with one attached hydrogen (secondary N) is 1.